The van der Waals surface area contributed by atoms with Crippen LogP contribution in [0.25, 0.3) is 0 Å². The first kappa shape index (κ1) is 10.1. The predicted molar refractivity (Wildman–Crippen MR) is 42.2 cm³/mol. The van der Waals surface area contributed by atoms with E-state index in [0.29, 0.717) is 0 Å². The minimum absolute atomic E-state index is 0.0683. The van der Waals surface area contributed by atoms with E-state index in [1.54, 1.807) is 0 Å². The number of carbonyl (C=O) groups excluding carboxylic acids is 1. The van der Waals surface area contributed by atoms with Gasteiger partial charge in [-0.3, -0.25) is 9.59 Å². The summed E-state index contributed by atoms with van der Waals surface area (Å²) in [6.45, 7) is -0.164. The van der Waals surface area contributed by atoms with Crippen molar-refractivity contribution in [3.05, 3.63) is 0 Å². The summed E-state index contributed by atoms with van der Waals surface area (Å²) in [5, 5.41) is 17.6. The van der Waals surface area contributed by atoms with E-state index < -0.39 is 11.4 Å². The van der Waals surface area contributed by atoms with E-state index in [1.807, 2.05) is 0 Å². The van der Waals surface area contributed by atoms with E-state index in [1.165, 1.54) is 0 Å². The molecule has 1 saturated heterocycles. The first-order valence-electron chi connectivity index (χ1n) is 4.09. The summed E-state index contributed by atoms with van der Waals surface area (Å²) in [7, 11) is 0. The molecular weight excluding hydrogens is 176 g/mol. The Bertz CT molecular complexity index is 221. The Balaban J connectivity index is 2.86. The summed E-state index contributed by atoms with van der Waals surface area (Å²) in [4.78, 5) is 22.2. The summed E-state index contributed by atoms with van der Waals surface area (Å²) >= 11 is 0. The van der Waals surface area contributed by atoms with Gasteiger partial charge in [-0.15, -0.1) is 0 Å². The van der Waals surface area contributed by atoms with Gasteiger partial charge in [-0.05, 0) is 6.42 Å². The van der Waals surface area contributed by atoms with Crippen LogP contribution < -0.4 is 0 Å². The fourth-order valence-corrected chi connectivity index (χ4v) is 1.42. The van der Waals surface area contributed by atoms with E-state index >= 15 is 0 Å². The molecule has 0 aromatic heterocycles. The Morgan fingerprint density at radius 3 is 2.77 bits per heavy atom. The molecule has 2 N–H and O–H groups in total. The normalized spacial score (nSPS) is 28.8. The number of Topliss-reactive ketones (excluding diaryl/α,β-unsaturated/α-hetero) is 1. The molecule has 0 bridgehead atoms. The van der Waals surface area contributed by atoms with Crippen LogP contribution in [0, 0.1) is 5.41 Å². The van der Waals surface area contributed by atoms with Crippen LogP contribution in [-0.4, -0.2) is 41.8 Å². The van der Waals surface area contributed by atoms with Crippen LogP contribution >= 0.6 is 0 Å². The van der Waals surface area contributed by atoms with Crippen molar-refractivity contribution in [2.45, 2.75) is 12.8 Å². The quantitative estimate of drug-likeness (QED) is 0.579. The maximum atomic E-state index is 11.4. The number of carboxylic acid groups (broad SMARTS) is 1. The highest BCUT2D eigenvalue weighted by molar-refractivity contribution is 6.03. The monoisotopic (exact) mass is 188 g/mol. The molecule has 0 aromatic rings. The molecule has 5 nitrogen and oxygen atoms in total. The van der Waals surface area contributed by atoms with Crippen LogP contribution in [0.2, 0.25) is 0 Å². The lowest BCUT2D eigenvalue weighted by Gasteiger charge is -2.30. The molecule has 0 aliphatic carbocycles. The molecule has 0 aromatic carbocycles. The van der Waals surface area contributed by atoms with E-state index in [0.717, 1.165) is 0 Å². The Labute approximate surface area is 75.3 Å². The minimum atomic E-state index is -1.51. The van der Waals surface area contributed by atoms with Crippen molar-refractivity contribution in [1.29, 1.82) is 0 Å². The van der Waals surface area contributed by atoms with Crippen LogP contribution in [0.5, 0.6) is 0 Å². The molecule has 1 aliphatic heterocycles. The van der Waals surface area contributed by atoms with Gasteiger partial charge in [0.25, 0.3) is 0 Å². The number of aliphatic hydroxyl groups excluding tert-OH is 1. The molecule has 1 aliphatic rings. The molecule has 0 radical (unpaired) electrons. The van der Waals surface area contributed by atoms with E-state index in [9.17, 15) is 9.59 Å². The average molecular weight is 188 g/mol. The van der Waals surface area contributed by atoms with E-state index in [-0.39, 0.29) is 38.4 Å². The third-order valence-corrected chi connectivity index (χ3v) is 2.30. The summed E-state index contributed by atoms with van der Waals surface area (Å²) in [6, 6.07) is 0. The lowest BCUT2D eigenvalue weighted by molar-refractivity contribution is -0.165. The van der Waals surface area contributed by atoms with Crippen molar-refractivity contribution >= 4 is 11.8 Å². The maximum absolute atomic E-state index is 11.4. The van der Waals surface area contributed by atoms with Gasteiger partial charge in [-0.2, -0.15) is 0 Å². The van der Waals surface area contributed by atoms with Crippen LogP contribution in [0.4, 0.5) is 0 Å². The lowest BCUT2D eigenvalue weighted by Crippen LogP contribution is -2.47. The molecule has 1 unspecified atom stereocenters. The van der Waals surface area contributed by atoms with Crippen LogP contribution in [0.3, 0.4) is 0 Å². The van der Waals surface area contributed by atoms with Gasteiger partial charge in [0.15, 0.2) is 11.2 Å². The van der Waals surface area contributed by atoms with Gasteiger partial charge >= 0.3 is 5.97 Å². The van der Waals surface area contributed by atoms with Crippen molar-refractivity contribution in [3.63, 3.8) is 0 Å². The molecule has 1 rings (SSSR count). The highest BCUT2D eigenvalue weighted by Gasteiger charge is 2.47. The summed E-state index contributed by atoms with van der Waals surface area (Å²) in [5.74, 6) is -1.55. The fraction of sp³-hybridized carbons (Fsp3) is 0.750. The first-order valence-corrected chi connectivity index (χ1v) is 4.09. The maximum Gasteiger partial charge on any atom is 0.319 e. The molecule has 1 atom stereocenters. The fourth-order valence-electron chi connectivity index (χ4n) is 1.42. The predicted octanol–water partition coefficient (Wildman–Crippen LogP) is -0.571. The number of carboxylic acids is 1. The number of aliphatic hydroxyl groups is 1. The van der Waals surface area contributed by atoms with Crippen LogP contribution in [-0.2, 0) is 14.3 Å². The van der Waals surface area contributed by atoms with Gasteiger partial charge in [0.05, 0.1) is 13.2 Å². The van der Waals surface area contributed by atoms with Crippen molar-refractivity contribution in [2.24, 2.45) is 5.41 Å². The Hall–Kier alpha value is -0.940. The molecule has 1 heterocycles. The first-order chi connectivity index (χ1) is 6.13. The van der Waals surface area contributed by atoms with Gasteiger partial charge < -0.3 is 14.9 Å². The van der Waals surface area contributed by atoms with Gasteiger partial charge in [-0.25, -0.2) is 0 Å². The topological polar surface area (TPSA) is 83.8 Å². The summed E-state index contributed by atoms with van der Waals surface area (Å²) < 4.78 is 4.96. The van der Waals surface area contributed by atoms with Crippen LogP contribution in [0.1, 0.15) is 12.8 Å². The number of hydrogen-bond acceptors (Lipinski definition) is 4. The van der Waals surface area contributed by atoms with Crippen molar-refractivity contribution < 1.29 is 24.5 Å². The van der Waals surface area contributed by atoms with E-state index in [4.69, 9.17) is 14.9 Å². The molecular formula is C8H12O5. The van der Waals surface area contributed by atoms with Gasteiger partial charge in [-0.1, -0.05) is 0 Å². The zero-order chi connectivity index (χ0) is 9.90. The Morgan fingerprint density at radius 1 is 1.62 bits per heavy atom. The second-order valence-electron chi connectivity index (χ2n) is 3.09. The third-order valence-electron chi connectivity index (χ3n) is 2.30. The SMILES string of the molecule is O=C(O)C1(CCO)COCCC1=O. The second kappa shape index (κ2) is 3.85. The summed E-state index contributed by atoms with van der Waals surface area (Å²) in [5.41, 5.74) is -1.51. The lowest BCUT2D eigenvalue weighted by atomic mass is 9.78. The van der Waals surface area contributed by atoms with Crippen molar-refractivity contribution in [2.75, 3.05) is 19.8 Å². The highest BCUT2D eigenvalue weighted by Crippen LogP contribution is 2.29. The highest BCUT2D eigenvalue weighted by atomic mass is 16.5. The molecule has 13 heavy (non-hydrogen) atoms. The van der Waals surface area contributed by atoms with E-state index in [2.05, 4.69) is 0 Å². The van der Waals surface area contributed by atoms with Crippen LogP contribution in [0.15, 0.2) is 0 Å². The molecule has 0 saturated carbocycles. The Kier molecular flexibility index (Phi) is 3.00. The number of rotatable bonds is 3. The zero-order valence-electron chi connectivity index (χ0n) is 7.15. The average Bonchev–Trinajstić information content (AvgIpc) is 2.09. The standard InChI is InChI=1S/C8H12O5/c9-3-2-8(7(11)12)5-13-4-1-6(8)10/h9H,1-5H2,(H,11,12). The Morgan fingerprint density at radius 2 is 2.31 bits per heavy atom. The van der Waals surface area contributed by atoms with Gasteiger partial charge in [0.1, 0.15) is 0 Å². The molecule has 0 amide bonds. The molecule has 74 valence electrons. The molecule has 0 spiro atoms. The molecule has 5 heteroatoms. The summed E-state index contributed by atoms with van der Waals surface area (Å²) in [6.07, 6.45) is 0.0491. The third kappa shape index (κ3) is 1.71. The number of ketones is 1. The second-order valence-corrected chi connectivity index (χ2v) is 3.09. The van der Waals surface area contributed by atoms with Gasteiger partial charge in [0.2, 0.25) is 0 Å². The van der Waals surface area contributed by atoms with Crippen molar-refractivity contribution in [3.8, 4) is 0 Å². The number of hydrogen-bond donors (Lipinski definition) is 2. The van der Waals surface area contributed by atoms with Crippen molar-refractivity contribution in [1.82, 2.24) is 0 Å². The minimum Gasteiger partial charge on any atom is -0.480 e. The number of carbonyl (C=O) groups is 2. The zero-order valence-corrected chi connectivity index (χ0v) is 7.15. The number of ether oxygens (including phenoxy) is 1. The number of aliphatic carboxylic acids is 1. The molecule has 1 fully saturated rings. The van der Waals surface area contributed by atoms with Gasteiger partial charge in [0, 0.05) is 13.0 Å². The smallest absolute Gasteiger partial charge is 0.319 e. The largest absolute Gasteiger partial charge is 0.480 e.